The summed E-state index contributed by atoms with van der Waals surface area (Å²) in [5, 5.41) is 6.71. The molecule has 0 spiro atoms. The van der Waals surface area contributed by atoms with Gasteiger partial charge in [-0.2, -0.15) is 0 Å². The highest BCUT2D eigenvalue weighted by atomic mass is 79.9. The van der Waals surface area contributed by atoms with Gasteiger partial charge in [0.1, 0.15) is 5.76 Å². The summed E-state index contributed by atoms with van der Waals surface area (Å²) in [7, 11) is 0. The molecule has 5 nitrogen and oxygen atoms in total. The van der Waals surface area contributed by atoms with Crippen LogP contribution in [0.5, 0.6) is 0 Å². The standard InChI is InChI=1S/C18H12BrClN2O3/c1-10-8-16(22-25-10)18(24)21-15-7-6-11(19)9-13(15)17(23)12-4-2-3-5-14(12)20/h2-9H,1H3,(H,21,24). The van der Waals surface area contributed by atoms with Crippen LogP contribution in [0.3, 0.4) is 0 Å². The minimum atomic E-state index is -0.465. The van der Waals surface area contributed by atoms with Gasteiger partial charge in [-0.05, 0) is 37.3 Å². The predicted molar refractivity (Wildman–Crippen MR) is 98.2 cm³/mol. The van der Waals surface area contributed by atoms with Gasteiger partial charge in [0.2, 0.25) is 0 Å². The first kappa shape index (κ1) is 17.4. The number of nitrogens with one attached hydrogen (secondary N) is 1. The SMILES string of the molecule is Cc1cc(C(=O)Nc2ccc(Br)cc2C(=O)c2ccccc2Cl)no1. The number of aryl methyl sites for hydroxylation is 1. The molecule has 0 radical (unpaired) electrons. The maximum absolute atomic E-state index is 12.9. The molecule has 0 aliphatic rings. The second kappa shape index (κ2) is 7.21. The lowest BCUT2D eigenvalue weighted by atomic mass is 10.0. The van der Waals surface area contributed by atoms with Crippen molar-refractivity contribution in [3.05, 3.63) is 80.6 Å². The Hall–Kier alpha value is -2.44. The van der Waals surface area contributed by atoms with Crippen molar-refractivity contribution >= 4 is 44.9 Å². The van der Waals surface area contributed by atoms with Crippen molar-refractivity contribution in [2.45, 2.75) is 6.92 Å². The Morgan fingerprint density at radius 1 is 1.12 bits per heavy atom. The van der Waals surface area contributed by atoms with Crippen LogP contribution in [0.1, 0.15) is 32.2 Å². The normalized spacial score (nSPS) is 10.5. The number of anilines is 1. The molecule has 0 bridgehead atoms. The quantitative estimate of drug-likeness (QED) is 0.612. The van der Waals surface area contributed by atoms with E-state index in [2.05, 4.69) is 26.4 Å². The van der Waals surface area contributed by atoms with E-state index in [-0.39, 0.29) is 11.5 Å². The van der Waals surface area contributed by atoms with Crippen molar-refractivity contribution in [1.29, 1.82) is 0 Å². The van der Waals surface area contributed by atoms with Crippen molar-refractivity contribution in [3.63, 3.8) is 0 Å². The molecule has 0 atom stereocenters. The van der Waals surface area contributed by atoms with Gasteiger partial charge in [-0.1, -0.05) is 44.8 Å². The maximum Gasteiger partial charge on any atom is 0.277 e. The number of carbonyl (C=O) groups excluding carboxylic acids is 2. The van der Waals surface area contributed by atoms with Gasteiger partial charge in [-0.3, -0.25) is 9.59 Å². The fourth-order valence-electron chi connectivity index (χ4n) is 2.26. The van der Waals surface area contributed by atoms with Crippen LogP contribution >= 0.6 is 27.5 Å². The molecule has 0 aliphatic carbocycles. The molecule has 1 aromatic heterocycles. The number of ketones is 1. The molecule has 3 aromatic rings. The van der Waals surface area contributed by atoms with E-state index in [0.717, 1.165) is 0 Å². The Morgan fingerprint density at radius 2 is 1.88 bits per heavy atom. The average molecular weight is 420 g/mol. The fourth-order valence-corrected chi connectivity index (χ4v) is 2.85. The number of rotatable bonds is 4. The van der Waals surface area contributed by atoms with Gasteiger partial charge in [0, 0.05) is 21.7 Å². The minimum absolute atomic E-state index is 0.136. The molecule has 0 unspecified atom stereocenters. The third-order valence-electron chi connectivity index (χ3n) is 3.45. The van der Waals surface area contributed by atoms with Crippen molar-refractivity contribution in [2.75, 3.05) is 5.32 Å². The highest BCUT2D eigenvalue weighted by Gasteiger charge is 2.19. The number of nitrogens with zero attached hydrogens (tertiary/aromatic N) is 1. The van der Waals surface area contributed by atoms with Gasteiger partial charge in [0.25, 0.3) is 5.91 Å². The van der Waals surface area contributed by atoms with Crippen LogP contribution in [0.25, 0.3) is 0 Å². The zero-order valence-electron chi connectivity index (χ0n) is 13.0. The summed E-state index contributed by atoms with van der Waals surface area (Å²) in [6.07, 6.45) is 0. The first-order valence-corrected chi connectivity index (χ1v) is 8.46. The van der Waals surface area contributed by atoms with Crippen molar-refractivity contribution in [1.82, 2.24) is 5.16 Å². The number of hydrogen-bond donors (Lipinski definition) is 1. The van der Waals surface area contributed by atoms with Crippen LogP contribution in [0.2, 0.25) is 5.02 Å². The molecule has 0 saturated carbocycles. The second-order valence-corrected chi connectivity index (χ2v) is 6.60. The first-order valence-electron chi connectivity index (χ1n) is 7.29. The van der Waals surface area contributed by atoms with Crippen LogP contribution in [0, 0.1) is 6.92 Å². The predicted octanol–water partition coefficient (Wildman–Crippen LogP) is 4.88. The van der Waals surface area contributed by atoms with Crippen LogP contribution in [-0.4, -0.2) is 16.8 Å². The highest BCUT2D eigenvalue weighted by Crippen LogP contribution is 2.27. The van der Waals surface area contributed by atoms with Gasteiger partial charge in [0.05, 0.1) is 10.7 Å². The summed E-state index contributed by atoms with van der Waals surface area (Å²) < 4.78 is 5.61. The van der Waals surface area contributed by atoms with Crippen LogP contribution in [-0.2, 0) is 0 Å². The third kappa shape index (κ3) is 3.81. The summed E-state index contributed by atoms with van der Waals surface area (Å²) >= 11 is 9.47. The maximum atomic E-state index is 12.9. The Balaban J connectivity index is 1.97. The van der Waals surface area contributed by atoms with Crippen LogP contribution < -0.4 is 5.32 Å². The molecule has 25 heavy (non-hydrogen) atoms. The molecule has 1 N–H and O–H groups in total. The lowest BCUT2D eigenvalue weighted by molar-refractivity contribution is 0.101. The Kier molecular flexibility index (Phi) is 5.01. The highest BCUT2D eigenvalue weighted by molar-refractivity contribution is 9.10. The van der Waals surface area contributed by atoms with E-state index in [1.165, 1.54) is 6.07 Å². The number of aromatic nitrogens is 1. The van der Waals surface area contributed by atoms with Crippen LogP contribution in [0.4, 0.5) is 5.69 Å². The number of amides is 1. The number of halogens is 2. The largest absolute Gasteiger partial charge is 0.361 e. The van der Waals surface area contributed by atoms with E-state index in [4.69, 9.17) is 16.1 Å². The molecule has 1 heterocycles. The monoisotopic (exact) mass is 418 g/mol. The van der Waals surface area contributed by atoms with E-state index >= 15 is 0 Å². The molecule has 126 valence electrons. The van der Waals surface area contributed by atoms with E-state index in [1.54, 1.807) is 49.4 Å². The minimum Gasteiger partial charge on any atom is -0.361 e. The van der Waals surface area contributed by atoms with Crippen molar-refractivity contribution in [3.8, 4) is 0 Å². The van der Waals surface area contributed by atoms with Crippen molar-refractivity contribution in [2.24, 2.45) is 0 Å². The first-order chi connectivity index (χ1) is 12.0. The second-order valence-electron chi connectivity index (χ2n) is 5.28. The summed E-state index contributed by atoms with van der Waals surface area (Å²) in [5.74, 6) is -0.237. The van der Waals surface area contributed by atoms with Gasteiger partial charge >= 0.3 is 0 Å². The topological polar surface area (TPSA) is 72.2 Å². The van der Waals surface area contributed by atoms with E-state index in [9.17, 15) is 9.59 Å². The Bertz CT molecular complexity index is 968. The molecule has 0 fully saturated rings. The van der Waals surface area contributed by atoms with Gasteiger partial charge < -0.3 is 9.84 Å². The number of carbonyl (C=O) groups is 2. The zero-order chi connectivity index (χ0) is 18.0. The summed E-state index contributed by atoms with van der Waals surface area (Å²) in [4.78, 5) is 25.2. The van der Waals surface area contributed by atoms with Gasteiger partial charge in [0.15, 0.2) is 11.5 Å². The molecule has 7 heteroatoms. The Morgan fingerprint density at radius 3 is 2.56 bits per heavy atom. The molecular weight excluding hydrogens is 408 g/mol. The number of benzene rings is 2. The average Bonchev–Trinajstić information content (AvgIpc) is 3.03. The van der Waals surface area contributed by atoms with Gasteiger partial charge in [-0.25, -0.2) is 0 Å². The fraction of sp³-hybridized carbons (Fsp3) is 0.0556. The summed E-state index contributed by atoms with van der Waals surface area (Å²) in [6.45, 7) is 1.69. The lowest BCUT2D eigenvalue weighted by Crippen LogP contribution is -2.15. The molecule has 1 amide bonds. The molecule has 3 rings (SSSR count). The summed E-state index contributed by atoms with van der Waals surface area (Å²) in [6, 6.07) is 13.3. The van der Waals surface area contributed by atoms with E-state index in [0.29, 0.717) is 32.1 Å². The Labute approximate surface area is 157 Å². The van der Waals surface area contributed by atoms with Crippen LogP contribution in [0.15, 0.2) is 57.5 Å². The van der Waals surface area contributed by atoms with E-state index < -0.39 is 5.91 Å². The zero-order valence-corrected chi connectivity index (χ0v) is 15.4. The number of hydrogen-bond acceptors (Lipinski definition) is 4. The van der Waals surface area contributed by atoms with Crippen molar-refractivity contribution < 1.29 is 14.1 Å². The molecular formula is C18H12BrClN2O3. The molecule has 0 aliphatic heterocycles. The molecule has 2 aromatic carbocycles. The van der Waals surface area contributed by atoms with Gasteiger partial charge in [-0.15, -0.1) is 0 Å². The smallest absolute Gasteiger partial charge is 0.277 e. The lowest BCUT2D eigenvalue weighted by Gasteiger charge is -2.11. The molecule has 0 saturated heterocycles. The third-order valence-corrected chi connectivity index (χ3v) is 4.28. The van der Waals surface area contributed by atoms with E-state index in [1.807, 2.05) is 0 Å². The summed E-state index contributed by atoms with van der Waals surface area (Å²) in [5.41, 5.74) is 1.17.